The fourth-order valence-corrected chi connectivity index (χ4v) is 5.43. The average molecular weight is 525 g/mol. The summed E-state index contributed by atoms with van der Waals surface area (Å²) in [5, 5.41) is 17.2. The maximum Gasteiger partial charge on any atom is 0.257 e. The van der Waals surface area contributed by atoms with Gasteiger partial charge in [0.15, 0.2) is 0 Å². The van der Waals surface area contributed by atoms with Gasteiger partial charge >= 0.3 is 0 Å². The summed E-state index contributed by atoms with van der Waals surface area (Å²) < 4.78 is 29.3. The van der Waals surface area contributed by atoms with Crippen LogP contribution in [0.5, 0.6) is 0 Å². The van der Waals surface area contributed by atoms with E-state index in [2.05, 4.69) is 30.5 Å². The number of fused-ring (bicyclic) bond motifs is 2. The van der Waals surface area contributed by atoms with Crippen molar-refractivity contribution in [3.05, 3.63) is 47.8 Å². The van der Waals surface area contributed by atoms with Gasteiger partial charge in [0, 0.05) is 74.3 Å². The fraction of sp³-hybridized carbons (Fsp3) is 0.400. The van der Waals surface area contributed by atoms with Crippen LogP contribution in [-0.2, 0) is 30.7 Å². The average Bonchev–Trinajstić information content (AvgIpc) is 3.42. The van der Waals surface area contributed by atoms with Crippen molar-refractivity contribution in [3.63, 3.8) is 0 Å². The summed E-state index contributed by atoms with van der Waals surface area (Å²) >= 11 is 0. The van der Waals surface area contributed by atoms with Gasteiger partial charge in [0.2, 0.25) is 10.0 Å². The lowest BCUT2D eigenvalue weighted by Crippen LogP contribution is -2.41. The third kappa shape index (κ3) is 5.31. The highest BCUT2D eigenvalue weighted by atomic mass is 32.2. The zero-order valence-electron chi connectivity index (χ0n) is 21.4. The first-order valence-corrected chi connectivity index (χ1v) is 14.1. The first-order chi connectivity index (χ1) is 17.6. The second-order valence-electron chi connectivity index (χ2n) is 9.67. The Morgan fingerprint density at radius 1 is 1.05 bits per heavy atom. The molecule has 2 aromatic heterocycles. The molecule has 1 amide bonds. The summed E-state index contributed by atoms with van der Waals surface area (Å²) in [5.74, 6) is -0.283. The predicted molar refractivity (Wildman–Crippen MR) is 145 cm³/mol. The van der Waals surface area contributed by atoms with Gasteiger partial charge in [-0.1, -0.05) is 0 Å². The minimum Gasteiger partial charge on any atom is -0.371 e. The molecule has 0 radical (unpaired) electrons. The van der Waals surface area contributed by atoms with Crippen molar-refractivity contribution in [2.75, 3.05) is 36.6 Å². The molecule has 1 saturated heterocycles. The lowest BCUT2D eigenvalue weighted by Gasteiger charge is -2.33. The Morgan fingerprint density at radius 3 is 2.46 bits per heavy atom. The van der Waals surface area contributed by atoms with E-state index in [-0.39, 0.29) is 12.5 Å². The number of hydrogen-bond donors (Lipinski definition) is 3. The Kier molecular flexibility index (Phi) is 6.65. The zero-order valence-corrected chi connectivity index (χ0v) is 22.3. The molecule has 12 heteroatoms. The molecular weight excluding hydrogens is 492 g/mol. The van der Waals surface area contributed by atoms with E-state index in [1.54, 1.807) is 22.5 Å². The number of hydrogen-bond acceptors (Lipinski definition) is 7. The largest absolute Gasteiger partial charge is 0.371 e. The van der Waals surface area contributed by atoms with E-state index in [9.17, 15) is 13.2 Å². The van der Waals surface area contributed by atoms with E-state index in [4.69, 9.17) is 0 Å². The number of benzene rings is 2. The van der Waals surface area contributed by atoms with Crippen molar-refractivity contribution in [2.45, 2.75) is 25.4 Å². The molecule has 2 aromatic carbocycles. The van der Waals surface area contributed by atoms with Gasteiger partial charge in [-0.05, 0) is 49.7 Å². The number of nitrogens with zero attached hydrogens (tertiary/aromatic N) is 5. The van der Waals surface area contributed by atoms with Gasteiger partial charge in [0.05, 0.1) is 17.3 Å². The highest BCUT2D eigenvalue weighted by Crippen LogP contribution is 2.31. The number of rotatable bonds is 7. The molecule has 0 spiro atoms. The Morgan fingerprint density at radius 2 is 1.76 bits per heavy atom. The summed E-state index contributed by atoms with van der Waals surface area (Å²) in [4.78, 5) is 15.8. The monoisotopic (exact) mass is 524 g/mol. The number of carbonyl (C=O) groups is 1. The summed E-state index contributed by atoms with van der Waals surface area (Å²) in [6.07, 6.45) is 7.03. The molecule has 0 atom stereocenters. The molecule has 3 heterocycles. The number of anilines is 2. The topological polar surface area (TPSA) is 126 Å². The number of carbonyl (C=O) groups excluding carboxylic acids is 1. The van der Waals surface area contributed by atoms with E-state index in [1.807, 2.05) is 44.7 Å². The Labute approximate surface area is 215 Å². The van der Waals surface area contributed by atoms with Crippen LogP contribution in [0, 0.1) is 0 Å². The highest BCUT2D eigenvalue weighted by molar-refractivity contribution is 7.88. The SMILES string of the molecule is CNC1CCN(c2ccc(C(=O)Nc3cc(CNS(C)(=O)=O)c4nn(C)cc4c3)c3nn(C)cc23)CC1. The van der Waals surface area contributed by atoms with Crippen molar-refractivity contribution in [3.8, 4) is 0 Å². The maximum atomic E-state index is 13.5. The third-order valence-corrected chi connectivity index (χ3v) is 7.51. The van der Waals surface area contributed by atoms with E-state index >= 15 is 0 Å². The molecule has 0 aliphatic carbocycles. The summed E-state index contributed by atoms with van der Waals surface area (Å²) in [6, 6.07) is 7.95. The quantitative estimate of drug-likeness (QED) is 0.337. The van der Waals surface area contributed by atoms with Crippen LogP contribution in [0.25, 0.3) is 21.8 Å². The molecule has 1 fully saturated rings. The first-order valence-electron chi connectivity index (χ1n) is 12.2. The molecule has 5 rings (SSSR count). The van der Waals surface area contributed by atoms with Gasteiger partial charge < -0.3 is 15.5 Å². The van der Waals surface area contributed by atoms with Crippen LogP contribution in [-0.4, -0.2) is 66.3 Å². The minimum absolute atomic E-state index is 0.0689. The van der Waals surface area contributed by atoms with Crippen molar-refractivity contribution >= 4 is 49.1 Å². The van der Waals surface area contributed by atoms with Gasteiger partial charge in [0.1, 0.15) is 5.52 Å². The normalized spacial score (nSPS) is 15.1. The molecule has 37 heavy (non-hydrogen) atoms. The fourth-order valence-electron chi connectivity index (χ4n) is 5.02. The number of sulfonamides is 1. The minimum atomic E-state index is -3.39. The van der Waals surface area contributed by atoms with Crippen LogP contribution in [0.1, 0.15) is 28.8 Å². The number of piperidine rings is 1. The van der Waals surface area contributed by atoms with Gasteiger partial charge in [-0.25, -0.2) is 13.1 Å². The van der Waals surface area contributed by atoms with Crippen LogP contribution < -0.4 is 20.3 Å². The highest BCUT2D eigenvalue weighted by Gasteiger charge is 2.23. The Bertz CT molecular complexity index is 1580. The molecule has 0 bridgehead atoms. The maximum absolute atomic E-state index is 13.5. The molecular formula is C25H32N8O3S. The summed E-state index contributed by atoms with van der Waals surface area (Å²) in [7, 11) is 2.27. The number of aryl methyl sites for hydroxylation is 2. The van der Waals surface area contributed by atoms with Gasteiger partial charge in [-0.3, -0.25) is 14.2 Å². The Hall–Kier alpha value is -3.48. The molecule has 4 aromatic rings. The van der Waals surface area contributed by atoms with E-state index in [0.717, 1.165) is 48.6 Å². The van der Waals surface area contributed by atoms with Gasteiger partial charge in [0.25, 0.3) is 5.91 Å². The van der Waals surface area contributed by atoms with E-state index in [0.29, 0.717) is 33.9 Å². The second kappa shape index (κ2) is 9.77. The number of aromatic nitrogens is 4. The molecule has 1 aliphatic heterocycles. The number of nitrogens with one attached hydrogen (secondary N) is 3. The van der Waals surface area contributed by atoms with Crippen molar-refractivity contribution in [1.29, 1.82) is 0 Å². The molecule has 0 saturated carbocycles. The number of amides is 1. The lowest BCUT2D eigenvalue weighted by atomic mass is 10.0. The van der Waals surface area contributed by atoms with E-state index < -0.39 is 10.0 Å². The zero-order chi connectivity index (χ0) is 26.3. The van der Waals surface area contributed by atoms with Crippen LogP contribution in [0.4, 0.5) is 11.4 Å². The van der Waals surface area contributed by atoms with Gasteiger partial charge in [-0.2, -0.15) is 10.2 Å². The first kappa shape index (κ1) is 25.2. The summed E-state index contributed by atoms with van der Waals surface area (Å²) in [5.41, 5.74) is 4.11. The van der Waals surface area contributed by atoms with Crippen LogP contribution in [0.3, 0.4) is 0 Å². The third-order valence-electron chi connectivity index (χ3n) is 6.84. The predicted octanol–water partition coefficient (Wildman–Crippen LogP) is 1.95. The van der Waals surface area contributed by atoms with Gasteiger partial charge in [-0.15, -0.1) is 0 Å². The van der Waals surface area contributed by atoms with Crippen LogP contribution in [0.2, 0.25) is 0 Å². The molecule has 11 nitrogen and oxygen atoms in total. The molecule has 3 N–H and O–H groups in total. The molecule has 196 valence electrons. The van der Waals surface area contributed by atoms with Crippen molar-refractivity contribution < 1.29 is 13.2 Å². The van der Waals surface area contributed by atoms with Crippen molar-refractivity contribution in [2.24, 2.45) is 14.1 Å². The van der Waals surface area contributed by atoms with Crippen LogP contribution >= 0.6 is 0 Å². The van der Waals surface area contributed by atoms with Crippen molar-refractivity contribution in [1.82, 2.24) is 29.6 Å². The molecule has 0 unspecified atom stereocenters. The molecule has 1 aliphatic rings. The Balaban J connectivity index is 1.45. The van der Waals surface area contributed by atoms with E-state index in [1.165, 1.54) is 0 Å². The lowest BCUT2D eigenvalue weighted by molar-refractivity contribution is 0.102. The smallest absolute Gasteiger partial charge is 0.257 e. The van der Waals surface area contributed by atoms with Crippen LogP contribution in [0.15, 0.2) is 36.7 Å². The summed E-state index contributed by atoms with van der Waals surface area (Å²) in [6.45, 7) is 1.95. The standard InChI is InChI=1S/C25H32N8O3S/c1-26-18-7-9-33(10-8-18)22-6-5-20(24-21(22)15-32(3)30-24)25(34)28-19-11-16(13-27-37(4,35)36)23-17(12-19)14-31(2)29-23/h5-6,11-12,14-15,18,26-27H,7-10,13H2,1-4H3,(H,28,34). The second-order valence-corrected chi connectivity index (χ2v) is 11.5.